The first-order chi connectivity index (χ1) is 11.4. The van der Waals surface area contributed by atoms with Gasteiger partial charge in [-0.2, -0.15) is 0 Å². The number of benzene rings is 1. The molecule has 0 saturated carbocycles. The number of amides is 1. The molecule has 2 aromatic rings. The van der Waals surface area contributed by atoms with Crippen molar-refractivity contribution in [3.05, 3.63) is 41.3 Å². The van der Waals surface area contributed by atoms with Crippen LogP contribution in [0.15, 0.2) is 24.3 Å². The summed E-state index contributed by atoms with van der Waals surface area (Å²) in [7, 11) is 6.90. The number of nitrogens with zero attached hydrogens (tertiary/aromatic N) is 3. The maximum Gasteiger partial charge on any atom is 0.251 e. The Hall–Kier alpha value is -2.83. The molecule has 1 N–H and O–H groups in total. The zero-order valence-electron chi connectivity index (χ0n) is 14.6. The van der Waals surface area contributed by atoms with E-state index in [0.717, 1.165) is 11.5 Å². The van der Waals surface area contributed by atoms with Gasteiger partial charge < -0.3 is 19.7 Å². The number of hydrogen-bond acceptors (Lipinski definition) is 6. The quantitative estimate of drug-likeness (QED) is 0.870. The molecule has 24 heavy (non-hydrogen) atoms. The third kappa shape index (κ3) is 4.13. The Bertz CT molecular complexity index is 732. The minimum Gasteiger partial charge on any atom is -0.493 e. The van der Waals surface area contributed by atoms with Gasteiger partial charge in [0.2, 0.25) is 0 Å². The van der Waals surface area contributed by atoms with Crippen molar-refractivity contribution in [2.75, 3.05) is 33.2 Å². The Morgan fingerprint density at radius 2 is 1.83 bits per heavy atom. The first kappa shape index (κ1) is 17.5. The molecule has 1 aromatic heterocycles. The molecule has 0 bridgehead atoms. The van der Waals surface area contributed by atoms with Crippen molar-refractivity contribution in [2.24, 2.45) is 0 Å². The number of rotatable bonds is 6. The zero-order valence-corrected chi connectivity index (χ0v) is 14.6. The molecule has 0 spiro atoms. The van der Waals surface area contributed by atoms with Crippen LogP contribution in [0.3, 0.4) is 0 Å². The second-order valence-electron chi connectivity index (χ2n) is 5.43. The molecule has 0 unspecified atom stereocenters. The Kier molecular flexibility index (Phi) is 5.57. The van der Waals surface area contributed by atoms with E-state index in [-0.39, 0.29) is 12.5 Å². The van der Waals surface area contributed by atoms with Crippen LogP contribution in [0, 0.1) is 6.92 Å². The summed E-state index contributed by atoms with van der Waals surface area (Å²) in [6, 6.07) is 6.90. The number of aryl methyl sites for hydroxylation is 1. The molecule has 2 rings (SSSR count). The van der Waals surface area contributed by atoms with E-state index in [4.69, 9.17) is 9.47 Å². The highest BCUT2D eigenvalue weighted by Crippen LogP contribution is 2.27. The lowest BCUT2D eigenvalue weighted by atomic mass is 10.2. The van der Waals surface area contributed by atoms with Gasteiger partial charge in [-0.3, -0.25) is 4.79 Å². The van der Waals surface area contributed by atoms with Crippen molar-refractivity contribution in [1.29, 1.82) is 0 Å². The molecule has 0 aliphatic rings. The van der Waals surface area contributed by atoms with Gasteiger partial charge in [0.25, 0.3) is 5.91 Å². The molecule has 1 amide bonds. The van der Waals surface area contributed by atoms with Crippen LogP contribution < -0.4 is 19.7 Å². The topological polar surface area (TPSA) is 76.6 Å². The van der Waals surface area contributed by atoms with Crippen molar-refractivity contribution in [2.45, 2.75) is 13.5 Å². The minimum absolute atomic E-state index is 0.229. The van der Waals surface area contributed by atoms with E-state index < -0.39 is 0 Å². The maximum absolute atomic E-state index is 12.3. The van der Waals surface area contributed by atoms with Gasteiger partial charge in [-0.15, -0.1) is 0 Å². The molecule has 0 fully saturated rings. The fourth-order valence-corrected chi connectivity index (χ4v) is 2.16. The van der Waals surface area contributed by atoms with E-state index in [1.54, 1.807) is 25.3 Å². The molecule has 0 saturated heterocycles. The average Bonchev–Trinajstić information content (AvgIpc) is 2.58. The molecule has 7 nitrogen and oxygen atoms in total. The Labute approximate surface area is 141 Å². The molecule has 7 heteroatoms. The lowest BCUT2D eigenvalue weighted by Crippen LogP contribution is -2.24. The molecule has 1 heterocycles. The van der Waals surface area contributed by atoms with E-state index in [1.807, 2.05) is 32.0 Å². The molecule has 128 valence electrons. The first-order valence-electron chi connectivity index (χ1n) is 7.46. The summed E-state index contributed by atoms with van der Waals surface area (Å²) in [6.45, 7) is 2.14. The van der Waals surface area contributed by atoms with Gasteiger partial charge >= 0.3 is 0 Å². The fraction of sp³-hybridized carbons (Fsp3) is 0.353. The zero-order chi connectivity index (χ0) is 17.7. The highest BCUT2D eigenvalue weighted by molar-refractivity contribution is 5.94. The van der Waals surface area contributed by atoms with Crippen molar-refractivity contribution in [3.63, 3.8) is 0 Å². The van der Waals surface area contributed by atoms with E-state index in [2.05, 4.69) is 15.3 Å². The van der Waals surface area contributed by atoms with Gasteiger partial charge in [-0.25, -0.2) is 9.97 Å². The number of aromatic nitrogens is 2. The molecule has 0 atom stereocenters. The van der Waals surface area contributed by atoms with Gasteiger partial charge in [0.15, 0.2) is 11.5 Å². The summed E-state index contributed by atoms with van der Waals surface area (Å²) in [6.07, 6.45) is 0. The van der Waals surface area contributed by atoms with Crippen molar-refractivity contribution >= 4 is 11.7 Å². The van der Waals surface area contributed by atoms with Crippen LogP contribution in [-0.2, 0) is 6.54 Å². The van der Waals surface area contributed by atoms with Crippen molar-refractivity contribution in [3.8, 4) is 11.5 Å². The van der Waals surface area contributed by atoms with Crippen LogP contribution in [0.25, 0.3) is 0 Å². The van der Waals surface area contributed by atoms with Crippen molar-refractivity contribution in [1.82, 2.24) is 15.3 Å². The van der Waals surface area contributed by atoms with E-state index in [9.17, 15) is 4.79 Å². The third-order valence-electron chi connectivity index (χ3n) is 3.40. The standard InChI is InChI=1S/C17H22N4O3/c1-11-8-16(21(2)3)20-15(19-11)10-18-17(22)12-6-7-13(23-4)14(9-12)24-5/h6-9H,10H2,1-5H3,(H,18,22). The fourth-order valence-electron chi connectivity index (χ4n) is 2.16. The van der Waals surface area contributed by atoms with Crippen LogP contribution in [0.5, 0.6) is 11.5 Å². The normalized spacial score (nSPS) is 10.2. The molecule has 0 radical (unpaired) electrons. The van der Waals surface area contributed by atoms with Gasteiger partial charge in [0.05, 0.1) is 20.8 Å². The second kappa shape index (κ2) is 7.63. The van der Waals surface area contributed by atoms with Crippen LogP contribution in [-0.4, -0.2) is 44.2 Å². The summed E-state index contributed by atoms with van der Waals surface area (Å²) in [5.41, 5.74) is 1.33. The van der Waals surface area contributed by atoms with Crippen LogP contribution in [0.1, 0.15) is 21.9 Å². The predicted octanol–water partition coefficient (Wildman–Crippen LogP) is 1.80. The van der Waals surface area contributed by atoms with Gasteiger partial charge in [-0.1, -0.05) is 0 Å². The van der Waals surface area contributed by atoms with E-state index in [0.29, 0.717) is 22.9 Å². The number of hydrogen-bond donors (Lipinski definition) is 1. The monoisotopic (exact) mass is 330 g/mol. The van der Waals surface area contributed by atoms with E-state index >= 15 is 0 Å². The summed E-state index contributed by atoms with van der Waals surface area (Å²) < 4.78 is 10.4. The average molecular weight is 330 g/mol. The number of methoxy groups -OCH3 is 2. The SMILES string of the molecule is COc1ccc(C(=O)NCc2nc(C)cc(N(C)C)n2)cc1OC. The molecule has 0 aliphatic heterocycles. The second-order valence-corrected chi connectivity index (χ2v) is 5.43. The lowest BCUT2D eigenvalue weighted by molar-refractivity contribution is 0.0949. The number of nitrogens with one attached hydrogen (secondary N) is 1. The molecule has 0 aliphatic carbocycles. The van der Waals surface area contributed by atoms with Crippen molar-refractivity contribution < 1.29 is 14.3 Å². The summed E-state index contributed by atoms with van der Waals surface area (Å²) >= 11 is 0. The van der Waals surface area contributed by atoms with Gasteiger partial charge in [-0.05, 0) is 25.1 Å². The molecular weight excluding hydrogens is 308 g/mol. The number of anilines is 1. The van der Waals surface area contributed by atoms with Crippen LogP contribution >= 0.6 is 0 Å². The highest BCUT2D eigenvalue weighted by Gasteiger charge is 2.11. The maximum atomic E-state index is 12.3. The number of carbonyl (C=O) groups is 1. The third-order valence-corrected chi connectivity index (χ3v) is 3.40. The largest absolute Gasteiger partial charge is 0.493 e. The van der Waals surface area contributed by atoms with Gasteiger partial charge in [0, 0.05) is 31.4 Å². The predicted molar refractivity (Wildman–Crippen MR) is 91.8 cm³/mol. The highest BCUT2D eigenvalue weighted by atomic mass is 16.5. The van der Waals surface area contributed by atoms with Crippen LogP contribution in [0.4, 0.5) is 5.82 Å². The Morgan fingerprint density at radius 1 is 1.12 bits per heavy atom. The summed E-state index contributed by atoms with van der Waals surface area (Å²) in [5.74, 6) is 2.22. The lowest BCUT2D eigenvalue weighted by Gasteiger charge is -2.13. The molecular formula is C17H22N4O3. The number of carbonyl (C=O) groups excluding carboxylic acids is 1. The van der Waals surface area contributed by atoms with Gasteiger partial charge in [0.1, 0.15) is 11.6 Å². The summed E-state index contributed by atoms with van der Waals surface area (Å²) in [4.78, 5) is 23.0. The van der Waals surface area contributed by atoms with Crippen LogP contribution in [0.2, 0.25) is 0 Å². The molecule has 1 aromatic carbocycles. The minimum atomic E-state index is -0.229. The Morgan fingerprint density at radius 3 is 2.46 bits per heavy atom. The van der Waals surface area contributed by atoms with E-state index in [1.165, 1.54) is 7.11 Å². The Balaban J connectivity index is 2.11. The smallest absolute Gasteiger partial charge is 0.251 e. The first-order valence-corrected chi connectivity index (χ1v) is 7.46. The summed E-state index contributed by atoms with van der Waals surface area (Å²) in [5, 5.41) is 2.82. The number of ether oxygens (including phenoxy) is 2.